The minimum Gasteiger partial charge on any atom is -0.381 e. The fourth-order valence-corrected chi connectivity index (χ4v) is 2.81. The van der Waals surface area contributed by atoms with Crippen molar-refractivity contribution in [3.63, 3.8) is 0 Å². The van der Waals surface area contributed by atoms with Crippen LogP contribution in [0.2, 0.25) is 0 Å². The largest absolute Gasteiger partial charge is 0.381 e. The molecule has 1 aliphatic rings. The van der Waals surface area contributed by atoms with Crippen molar-refractivity contribution in [1.29, 1.82) is 0 Å². The lowest BCUT2D eigenvalue weighted by Crippen LogP contribution is -2.49. The van der Waals surface area contributed by atoms with Gasteiger partial charge in [-0.15, -0.1) is 12.4 Å². The van der Waals surface area contributed by atoms with Gasteiger partial charge in [0.1, 0.15) is 0 Å². The zero-order valence-corrected chi connectivity index (χ0v) is 13.9. The number of nitrogens with one attached hydrogen (secondary N) is 1. The van der Waals surface area contributed by atoms with E-state index in [1.807, 2.05) is 0 Å². The Morgan fingerprint density at radius 2 is 1.75 bits per heavy atom. The molecule has 5 heteroatoms. The van der Waals surface area contributed by atoms with Gasteiger partial charge in [-0.05, 0) is 43.4 Å². The van der Waals surface area contributed by atoms with E-state index in [0.717, 1.165) is 51.9 Å². The van der Waals surface area contributed by atoms with Gasteiger partial charge in [-0.1, -0.05) is 20.8 Å². The molecule has 1 saturated heterocycles. The zero-order chi connectivity index (χ0) is 14.3. The van der Waals surface area contributed by atoms with Gasteiger partial charge < -0.3 is 15.8 Å². The third-order valence-electron chi connectivity index (χ3n) is 4.96. The van der Waals surface area contributed by atoms with Crippen LogP contribution in [0.1, 0.15) is 52.9 Å². The van der Waals surface area contributed by atoms with E-state index < -0.39 is 0 Å². The number of nitrogens with two attached hydrogens (primary N) is 1. The Balaban J connectivity index is 0.00000361. The fraction of sp³-hybridized carbons (Fsp3) is 0.933. The third kappa shape index (κ3) is 5.23. The highest BCUT2D eigenvalue weighted by molar-refractivity contribution is 5.85. The lowest BCUT2D eigenvalue weighted by Gasteiger charge is -2.32. The van der Waals surface area contributed by atoms with E-state index in [9.17, 15) is 4.79 Å². The van der Waals surface area contributed by atoms with Gasteiger partial charge in [0.2, 0.25) is 5.91 Å². The van der Waals surface area contributed by atoms with Gasteiger partial charge in [0.25, 0.3) is 0 Å². The molecule has 0 saturated carbocycles. The van der Waals surface area contributed by atoms with Crippen molar-refractivity contribution in [2.75, 3.05) is 19.8 Å². The Labute approximate surface area is 129 Å². The monoisotopic (exact) mass is 306 g/mol. The van der Waals surface area contributed by atoms with Gasteiger partial charge >= 0.3 is 0 Å². The van der Waals surface area contributed by atoms with Crippen LogP contribution in [-0.4, -0.2) is 31.7 Å². The van der Waals surface area contributed by atoms with E-state index in [0.29, 0.717) is 0 Å². The first-order valence-electron chi connectivity index (χ1n) is 7.69. The van der Waals surface area contributed by atoms with Crippen LogP contribution in [0.5, 0.6) is 0 Å². The van der Waals surface area contributed by atoms with Crippen LogP contribution in [0.25, 0.3) is 0 Å². The van der Waals surface area contributed by atoms with Crippen molar-refractivity contribution in [3.05, 3.63) is 0 Å². The van der Waals surface area contributed by atoms with Gasteiger partial charge in [0, 0.05) is 19.8 Å². The first kappa shape index (κ1) is 19.7. The summed E-state index contributed by atoms with van der Waals surface area (Å²) < 4.78 is 5.31. The van der Waals surface area contributed by atoms with Gasteiger partial charge in [0.15, 0.2) is 0 Å². The Hall–Kier alpha value is -0.320. The molecule has 4 nitrogen and oxygen atoms in total. The number of rotatable bonds is 7. The van der Waals surface area contributed by atoms with Crippen molar-refractivity contribution in [3.8, 4) is 0 Å². The highest BCUT2D eigenvalue weighted by Gasteiger charge is 2.29. The van der Waals surface area contributed by atoms with Crippen LogP contribution in [0.15, 0.2) is 0 Å². The summed E-state index contributed by atoms with van der Waals surface area (Å²) in [6.45, 7) is 8.78. The summed E-state index contributed by atoms with van der Waals surface area (Å²) >= 11 is 0. The molecule has 0 aliphatic carbocycles. The van der Waals surface area contributed by atoms with E-state index in [1.54, 1.807) is 0 Å². The molecule has 0 aromatic heterocycles. The first-order chi connectivity index (χ1) is 9.08. The third-order valence-corrected chi connectivity index (χ3v) is 4.96. The second-order valence-electron chi connectivity index (χ2n) is 5.75. The summed E-state index contributed by atoms with van der Waals surface area (Å²) in [6.07, 6.45) is 5.07. The summed E-state index contributed by atoms with van der Waals surface area (Å²) in [5.74, 6) is 0.277. The lowest BCUT2D eigenvalue weighted by molar-refractivity contribution is -0.124. The number of hydrogen-bond acceptors (Lipinski definition) is 3. The fourth-order valence-electron chi connectivity index (χ4n) is 2.81. The SMILES string of the molecule is CCC(CC)(CC)CNC(=O)C(N)C1CCOCC1.Cl. The van der Waals surface area contributed by atoms with Gasteiger partial charge in [-0.2, -0.15) is 0 Å². The maximum Gasteiger partial charge on any atom is 0.237 e. The molecule has 20 heavy (non-hydrogen) atoms. The summed E-state index contributed by atoms with van der Waals surface area (Å²) in [6, 6.07) is -0.382. The molecule has 0 aromatic carbocycles. The number of halogens is 1. The molecule has 0 spiro atoms. The normalized spacial score (nSPS) is 18.2. The van der Waals surface area contributed by atoms with Gasteiger partial charge in [0.05, 0.1) is 6.04 Å². The van der Waals surface area contributed by atoms with E-state index in [2.05, 4.69) is 26.1 Å². The smallest absolute Gasteiger partial charge is 0.237 e. The molecule has 120 valence electrons. The number of carbonyl (C=O) groups is 1. The average molecular weight is 307 g/mol. The van der Waals surface area contributed by atoms with Crippen LogP contribution < -0.4 is 11.1 Å². The first-order valence-corrected chi connectivity index (χ1v) is 7.69. The van der Waals surface area contributed by atoms with Crippen molar-refractivity contribution in [2.24, 2.45) is 17.1 Å². The molecule has 1 rings (SSSR count). The standard InChI is InChI=1S/C15H30N2O2.ClH/c1-4-15(5-2,6-3)11-17-14(18)13(16)12-7-9-19-10-8-12;/h12-13H,4-11,16H2,1-3H3,(H,17,18);1H. The minimum atomic E-state index is -0.382. The Morgan fingerprint density at radius 3 is 2.20 bits per heavy atom. The van der Waals surface area contributed by atoms with Crippen molar-refractivity contribution in [1.82, 2.24) is 5.32 Å². The molecule has 0 aromatic rings. The molecule has 1 fully saturated rings. The van der Waals surface area contributed by atoms with Crippen LogP contribution in [0.4, 0.5) is 0 Å². The molecular weight excluding hydrogens is 276 g/mol. The van der Waals surface area contributed by atoms with E-state index in [1.165, 1.54) is 0 Å². The topological polar surface area (TPSA) is 64.4 Å². The van der Waals surface area contributed by atoms with Crippen LogP contribution >= 0.6 is 12.4 Å². The van der Waals surface area contributed by atoms with Crippen molar-refractivity contribution < 1.29 is 9.53 Å². The molecule has 1 aliphatic heterocycles. The molecule has 3 N–H and O–H groups in total. The second-order valence-corrected chi connectivity index (χ2v) is 5.75. The second kappa shape index (κ2) is 9.59. The highest BCUT2D eigenvalue weighted by atomic mass is 35.5. The van der Waals surface area contributed by atoms with Gasteiger partial charge in [-0.25, -0.2) is 0 Å². The predicted molar refractivity (Wildman–Crippen MR) is 85.1 cm³/mol. The van der Waals surface area contributed by atoms with Crippen LogP contribution in [0.3, 0.4) is 0 Å². The zero-order valence-electron chi connectivity index (χ0n) is 13.1. The molecule has 0 bridgehead atoms. The van der Waals surface area contributed by atoms with Crippen LogP contribution in [-0.2, 0) is 9.53 Å². The lowest BCUT2D eigenvalue weighted by atomic mass is 9.79. The van der Waals surface area contributed by atoms with Crippen molar-refractivity contribution >= 4 is 18.3 Å². The van der Waals surface area contributed by atoms with E-state index >= 15 is 0 Å². The Morgan fingerprint density at radius 1 is 1.25 bits per heavy atom. The molecular formula is C15H31ClN2O2. The summed E-state index contributed by atoms with van der Waals surface area (Å²) in [4.78, 5) is 12.2. The summed E-state index contributed by atoms with van der Waals surface area (Å²) in [5.41, 5.74) is 6.31. The summed E-state index contributed by atoms with van der Waals surface area (Å²) in [5, 5.41) is 3.07. The maximum absolute atomic E-state index is 12.2. The van der Waals surface area contributed by atoms with Crippen molar-refractivity contribution in [2.45, 2.75) is 58.9 Å². The van der Waals surface area contributed by atoms with E-state index in [4.69, 9.17) is 10.5 Å². The quantitative estimate of drug-likeness (QED) is 0.759. The summed E-state index contributed by atoms with van der Waals surface area (Å²) in [7, 11) is 0. The molecule has 1 unspecified atom stereocenters. The van der Waals surface area contributed by atoms with Crippen LogP contribution in [0, 0.1) is 11.3 Å². The van der Waals surface area contributed by atoms with Gasteiger partial charge in [-0.3, -0.25) is 4.79 Å². The Kier molecular flexibility index (Phi) is 9.43. The maximum atomic E-state index is 12.2. The number of hydrogen-bond donors (Lipinski definition) is 2. The highest BCUT2D eigenvalue weighted by Crippen LogP contribution is 2.29. The average Bonchev–Trinajstić information content (AvgIpc) is 2.49. The molecule has 1 atom stereocenters. The Bertz CT molecular complexity index is 269. The predicted octanol–water partition coefficient (Wildman–Crippen LogP) is 2.49. The number of amides is 1. The minimum absolute atomic E-state index is 0. The molecule has 0 radical (unpaired) electrons. The molecule has 1 heterocycles. The van der Waals surface area contributed by atoms with E-state index in [-0.39, 0.29) is 35.7 Å². The molecule has 1 amide bonds. The number of carbonyl (C=O) groups excluding carboxylic acids is 1. The number of ether oxygens (including phenoxy) is 1.